The molecule has 124 valence electrons. The van der Waals surface area contributed by atoms with Gasteiger partial charge in [-0.1, -0.05) is 29.5 Å². The van der Waals surface area contributed by atoms with Gasteiger partial charge in [-0.15, -0.1) is 0 Å². The van der Waals surface area contributed by atoms with Crippen molar-refractivity contribution in [2.45, 2.75) is 39.0 Å². The fourth-order valence-corrected chi connectivity index (χ4v) is 7.46. The maximum Gasteiger partial charge on any atom is 0.244 e. The van der Waals surface area contributed by atoms with E-state index in [2.05, 4.69) is 17.1 Å². The first kappa shape index (κ1) is 16.5. The smallest absolute Gasteiger partial charge is 0.244 e. The topological polar surface area (TPSA) is 66.8 Å². The highest BCUT2D eigenvalue weighted by molar-refractivity contribution is 8.16. The number of benzene rings is 1. The van der Waals surface area contributed by atoms with Crippen LogP contribution in [-0.2, 0) is 14.6 Å². The fraction of sp³-hybridized carbons (Fsp3) is 0.500. The zero-order valence-electron chi connectivity index (χ0n) is 13.7. The highest BCUT2D eigenvalue weighted by Gasteiger charge is 2.49. The molecule has 5 nitrogen and oxygen atoms in total. The molecule has 0 spiro atoms. The number of carbonyl (C=O) groups is 1. The van der Waals surface area contributed by atoms with E-state index in [1.807, 2.05) is 25.7 Å². The maximum atomic E-state index is 12.0. The summed E-state index contributed by atoms with van der Waals surface area (Å²) in [7, 11) is -3.03. The van der Waals surface area contributed by atoms with Gasteiger partial charge in [0.25, 0.3) is 0 Å². The first-order valence-electron chi connectivity index (χ1n) is 7.51. The second-order valence-electron chi connectivity index (χ2n) is 6.33. The van der Waals surface area contributed by atoms with Gasteiger partial charge < -0.3 is 4.90 Å². The molecule has 2 heterocycles. The Hall–Kier alpha value is -1.34. The Morgan fingerprint density at radius 2 is 1.83 bits per heavy atom. The zero-order chi connectivity index (χ0) is 16.9. The second-order valence-corrected chi connectivity index (χ2v) is 9.69. The summed E-state index contributed by atoms with van der Waals surface area (Å²) in [4.78, 5) is 17.6. The van der Waals surface area contributed by atoms with Crippen molar-refractivity contribution in [3.63, 3.8) is 0 Å². The molecule has 7 heteroatoms. The number of anilines is 1. The van der Waals surface area contributed by atoms with Crippen LogP contribution in [0, 0.1) is 20.8 Å². The molecule has 0 N–H and O–H groups in total. The number of rotatable bonds is 1. The molecule has 1 aromatic rings. The van der Waals surface area contributed by atoms with E-state index in [0.717, 1.165) is 22.4 Å². The third-order valence-corrected chi connectivity index (χ3v) is 7.41. The molecule has 1 amide bonds. The number of carbonyl (C=O) groups excluding carboxylic acids is 1. The lowest BCUT2D eigenvalue weighted by atomic mass is 10.0. The van der Waals surface area contributed by atoms with E-state index in [4.69, 9.17) is 0 Å². The number of thioether (sulfide) groups is 1. The Kier molecular flexibility index (Phi) is 4.04. The summed E-state index contributed by atoms with van der Waals surface area (Å²) in [6.45, 7) is 7.49. The van der Waals surface area contributed by atoms with Crippen LogP contribution in [0.25, 0.3) is 0 Å². The van der Waals surface area contributed by atoms with E-state index in [9.17, 15) is 13.2 Å². The van der Waals surface area contributed by atoms with Crippen LogP contribution in [-0.4, -0.2) is 42.3 Å². The van der Waals surface area contributed by atoms with Gasteiger partial charge in [0.2, 0.25) is 5.91 Å². The number of aryl methyl sites for hydroxylation is 3. The highest BCUT2D eigenvalue weighted by atomic mass is 32.2. The Balaban J connectivity index is 2.14. The maximum absolute atomic E-state index is 12.0. The summed E-state index contributed by atoms with van der Waals surface area (Å²) >= 11 is 1.41. The van der Waals surface area contributed by atoms with E-state index in [-0.39, 0.29) is 28.7 Å². The van der Waals surface area contributed by atoms with E-state index in [0.29, 0.717) is 5.17 Å². The molecule has 0 unspecified atom stereocenters. The van der Waals surface area contributed by atoms with Crippen LogP contribution in [0.2, 0.25) is 0 Å². The first-order chi connectivity index (χ1) is 10.7. The van der Waals surface area contributed by atoms with Gasteiger partial charge in [-0.2, -0.15) is 4.99 Å². The lowest BCUT2D eigenvalue weighted by Gasteiger charge is -2.28. The van der Waals surface area contributed by atoms with Gasteiger partial charge in [0, 0.05) is 17.9 Å². The van der Waals surface area contributed by atoms with Gasteiger partial charge in [-0.25, -0.2) is 8.42 Å². The zero-order valence-corrected chi connectivity index (χ0v) is 15.3. The lowest BCUT2D eigenvalue weighted by molar-refractivity contribution is -0.115. The van der Waals surface area contributed by atoms with Crippen molar-refractivity contribution in [2.75, 3.05) is 16.4 Å². The van der Waals surface area contributed by atoms with Crippen LogP contribution < -0.4 is 4.90 Å². The van der Waals surface area contributed by atoms with Crippen molar-refractivity contribution < 1.29 is 13.2 Å². The molecule has 0 aromatic heterocycles. The van der Waals surface area contributed by atoms with Crippen molar-refractivity contribution >= 4 is 38.4 Å². The molecular formula is C16H20N2O3S2. The largest absolute Gasteiger partial charge is 0.315 e. The Bertz CT molecular complexity index is 792. The average molecular weight is 352 g/mol. The van der Waals surface area contributed by atoms with Crippen LogP contribution in [0.3, 0.4) is 0 Å². The van der Waals surface area contributed by atoms with Gasteiger partial charge >= 0.3 is 0 Å². The van der Waals surface area contributed by atoms with Crippen LogP contribution in [0.1, 0.15) is 23.6 Å². The molecule has 0 radical (unpaired) electrons. The van der Waals surface area contributed by atoms with E-state index in [1.54, 1.807) is 0 Å². The van der Waals surface area contributed by atoms with Crippen molar-refractivity contribution in [2.24, 2.45) is 4.99 Å². The number of sulfone groups is 1. The highest BCUT2D eigenvalue weighted by Crippen LogP contribution is 2.43. The van der Waals surface area contributed by atoms with Gasteiger partial charge in [-0.3, -0.25) is 4.79 Å². The summed E-state index contributed by atoms with van der Waals surface area (Å²) in [6.07, 6.45) is 0. The average Bonchev–Trinajstić information content (AvgIpc) is 2.81. The summed E-state index contributed by atoms with van der Waals surface area (Å²) in [6, 6.07) is 4.01. The molecule has 1 aromatic carbocycles. The number of aliphatic imine (C=N–C) groups is 1. The predicted octanol–water partition coefficient (Wildman–Crippen LogP) is 2.23. The number of amidine groups is 1. The molecule has 0 saturated carbocycles. The Labute approximate surface area is 141 Å². The summed E-state index contributed by atoms with van der Waals surface area (Å²) in [5.74, 6) is 0.0105. The van der Waals surface area contributed by atoms with Crippen molar-refractivity contribution in [3.8, 4) is 0 Å². The quantitative estimate of drug-likeness (QED) is 0.775. The van der Waals surface area contributed by atoms with E-state index < -0.39 is 9.84 Å². The van der Waals surface area contributed by atoms with Gasteiger partial charge in [-0.05, 0) is 31.9 Å². The molecule has 3 rings (SSSR count). The van der Waals surface area contributed by atoms with E-state index in [1.165, 1.54) is 18.7 Å². The molecular weight excluding hydrogens is 332 g/mol. The van der Waals surface area contributed by atoms with Crippen molar-refractivity contribution in [1.29, 1.82) is 0 Å². The monoisotopic (exact) mass is 352 g/mol. The summed E-state index contributed by atoms with van der Waals surface area (Å²) in [5.41, 5.74) is 4.29. The number of amides is 1. The molecule has 2 aliphatic heterocycles. The van der Waals surface area contributed by atoms with Gasteiger partial charge in [0.05, 0.1) is 17.5 Å². The normalized spacial score (nSPS) is 27.5. The summed E-state index contributed by atoms with van der Waals surface area (Å²) in [5, 5.41) is 0.565. The minimum Gasteiger partial charge on any atom is -0.315 e. The van der Waals surface area contributed by atoms with Crippen LogP contribution >= 0.6 is 11.8 Å². The molecule has 2 atom stereocenters. The second kappa shape index (κ2) is 5.63. The van der Waals surface area contributed by atoms with E-state index >= 15 is 0 Å². The lowest BCUT2D eigenvalue weighted by Crippen LogP contribution is -2.38. The molecule has 2 aliphatic rings. The molecule has 2 fully saturated rings. The van der Waals surface area contributed by atoms with Crippen molar-refractivity contribution in [1.82, 2.24) is 0 Å². The van der Waals surface area contributed by atoms with Gasteiger partial charge in [0.1, 0.15) is 0 Å². The minimum atomic E-state index is -3.03. The third-order valence-electron chi connectivity index (χ3n) is 4.20. The number of fused-ring (bicyclic) bond motifs is 1. The Morgan fingerprint density at radius 1 is 1.22 bits per heavy atom. The molecule has 0 bridgehead atoms. The standard InChI is InChI=1S/C16H20N2O3S2/c1-9-5-10(2)15(11(3)6-9)18-13-7-23(20,21)8-14(13)22-16(18)17-12(4)19/h5-6,13-14H,7-8H2,1-4H3/t13-,14-/m0/s1. The first-order valence-corrected chi connectivity index (χ1v) is 10.2. The molecule has 23 heavy (non-hydrogen) atoms. The number of nitrogens with zero attached hydrogens (tertiary/aromatic N) is 2. The minimum absolute atomic E-state index is 0.0572. The predicted molar refractivity (Wildman–Crippen MR) is 95.1 cm³/mol. The SMILES string of the molecule is CC(=O)N=C1S[C@H]2CS(=O)(=O)C[C@@H]2N1c1c(C)cc(C)cc1C. The number of hydrogen-bond donors (Lipinski definition) is 0. The van der Waals surface area contributed by atoms with Gasteiger partial charge in [0.15, 0.2) is 15.0 Å². The molecule has 0 aliphatic carbocycles. The van der Waals surface area contributed by atoms with Crippen LogP contribution in [0.4, 0.5) is 5.69 Å². The summed E-state index contributed by atoms with van der Waals surface area (Å²) < 4.78 is 24.1. The molecule has 2 saturated heterocycles. The van der Waals surface area contributed by atoms with Crippen molar-refractivity contribution in [3.05, 3.63) is 28.8 Å². The third kappa shape index (κ3) is 3.04. The fourth-order valence-electron chi connectivity index (χ4n) is 3.51. The van der Waals surface area contributed by atoms with Crippen LogP contribution in [0.15, 0.2) is 17.1 Å². The number of hydrogen-bond acceptors (Lipinski definition) is 4. The van der Waals surface area contributed by atoms with Crippen LogP contribution in [0.5, 0.6) is 0 Å². The Morgan fingerprint density at radius 3 is 2.39 bits per heavy atom.